The van der Waals surface area contributed by atoms with Crippen molar-refractivity contribution in [1.82, 2.24) is 4.90 Å². The molecule has 4 heteroatoms. The summed E-state index contributed by atoms with van der Waals surface area (Å²) in [7, 11) is 1.74. The molecular formula is C13H17NO3. The third kappa shape index (κ3) is 2.20. The quantitative estimate of drug-likeness (QED) is 0.786. The molecule has 0 fully saturated rings. The Hall–Kier alpha value is -1.71. The molecule has 1 heterocycles. The van der Waals surface area contributed by atoms with Crippen molar-refractivity contribution in [3.8, 4) is 11.5 Å². The predicted molar refractivity (Wildman–Crippen MR) is 64.1 cm³/mol. The second kappa shape index (κ2) is 4.28. The van der Waals surface area contributed by atoms with Crippen molar-refractivity contribution in [2.24, 2.45) is 0 Å². The van der Waals surface area contributed by atoms with Gasteiger partial charge in [-0.2, -0.15) is 0 Å². The number of carbonyl (C=O) groups is 1. The van der Waals surface area contributed by atoms with Gasteiger partial charge in [0.2, 0.25) is 0 Å². The third-order valence-corrected chi connectivity index (χ3v) is 2.89. The van der Waals surface area contributed by atoms with Gasteiger partial charge in [-0.05, 0) is 38.5 Å². The first-order valence-electron chi connectivity index (χ1n) is 5.69. The van der Waals surface area contributed by atoms with Crippen LogP contribution in [0.4, 0.5) is 0 Å². The van der Waals surface area contributed by atoms with Crippen molar-refractivity contribution < 1.29 is 14.3 Å². The van der Waals surface area contributed by atoms with Crippen LogP contribution >= 0.6 is 0 Å². The Morgan fingerprint density at radius 2 is 1.94 bits per heavy atom. The lowest BCUT2D eigenvalue weighted by atomic mass is 10.2. The largest absolute Gasteiger partial charge is 0.442 e. The van der Waals surface area contributed by atoms with Gasteiger partial charge in [0.25, 0.3) is 0 Å². The number of hydrogen-bond acceptors (Lipinski definition) is 3. The zero-order valence-electron chi connectivity index (χ0n) is 10.6. The van der Waals surface area contributed by atoms with Crippen molar-refractivity contribution in [3.63, 3.8) is 0 Å². The van der Waals surface area contributed by atoms with E-state index in [1.807, 2.05) is 39.0 Å². The van der Waals surface area contributed by atoms with Crippen LogP contribution in [-0.2, 0) is 4.79 Å². The molecule has 0 radical (unpaired) electrons. The summed E-state index contributed by atoms with van der Waals surface area (Å²) in [4.78, 5) is 13.6. The summed E-state index contributed by atoms with van der Waals surface area (Å²) in [6.45, 7) is 5.87. The van der Waals surface area contributed by atoms with Gasteiger partial charge in [0.15, 0.2) is 11.5 Å². The molecule has 92 valence electrons. The Bertz CT molecular complexity index is 442. The fraction of sp³-hybridized carbons (Fsp3) is 0.462. The highest BCUT2D eigenvalue weighted by molar-refractivity contribution is 5.81. The molecule has 0 saturated heterocycles. The number of benzene rings is 1. The van der Waals surface area contributed by atoms with Crippen molar-refractivity contribution in [2.45, 2.75) is 33.1 Å². The van der Waals surface area contributed by atoms with E-state index in [4.69, 9.17) is 9.47 Å². The number of aryl methyl sites for hydroxylation is 1. The van der Waals surface area contributed by atoms with E-state index in [9.17, 15) is 4.79 Å². The van der Waals surface area contributed by atoms with Crippen LogP contribution in [0.5, 0.6) is 11.5 Å². The van der Waals surface area contributed by atoms with E-state index in [0.717, 1.165) is 5.56 Å². The lowest BCUT2D eigenvalue weighted by Gasteiger charge is -2.23. The number of carbonyl (C=O) groups excluding carboxylic acids is 1. The molecule has 0 aliphatic carbocycles. The molecule has 1 unspecified atom stereocenters. The van der Waals surface area contributed by atoms with Crippen LogP contribution in [0, 0.1) is 6.92 Å². The zero-order valence-corrected chi connectivity index (χ0v) is 10.6. The van der Waals surface area contributed by atoms with Gasteiger partial charge in [-0.15, -0.1) is 0 Å². The zero-order chi connectivity index (χ0) is 12.6. The molecule has 2 rings (SSSR count). The molecule has 4 nitrogen and oxygen atoms in total. The first-order chi connectivity index (χ1) is 7.99. The second-order valence-electron chi connectivity index (χ2n) is 4.56. The van der Waals surface area contributed by atoms with E-state index in [2.05, 4.69) is 0 Å². The Labute approximate surface area is 101 Å². The summed E-state index contributed by atoms with van der Waals surface area (Å²) in [5.74, 6) is 1.11. The Balaban J connectivity index is 2.12. The van der Waals surface area contributed by atoms with E-state index in [-0.39, 0.29) is 11.9 Å². The van der Waals surface area contributed by atoms with Crippen LogP contribution in [0.3, 0.4) is 0 Å². The molecule has 17 heavy (non-hydrogen) atoms. The van der Waals surface area contributed by atoms with Crippen LogP contribution in [0.2, 0.25) is 0 Å². The normalized spacial score (nSPS) is 17.4. The average molecular weight is 235 g/mol. The molecule has 0 aromatic heterocycles. The summed E-state index contributed by atoms with van der Waals surface area (Å²) in [5.41, 5.74) is 1.08. The molecule has 0 N–H and O–H groups in total. The van der Waals surface area contributed by atoms with Crippen LogP contribution < -0.4 is 9.47 Å². The van der Waals surface area contributed by atoms with Crippen molar-refractivity contribution in [2.75, 3.05) is 7.05 Å². The minimum absolute atomic E-state index is 0.125. The van der Waals surface area contributed by atoms with Crippen molar-refractivity contribution >= 4 is 5.91 Å². The average Bonchev–Trinajstić information content (AvgIpc) is 2.69. The van der Waals surface area contributed by atoms with E-state index < -0.39 is 6.29 Å². The molecule has 0 spiro atoms. The van der Waals surface area contributed by atoms with Gasteiger partial charge >= 0.3 is 12.2 Å². The topological polar surface area (TPSA) is 38.8 Å². The summed E-state index contributed by atoms with van der Waals surface area (Å²) in [5, 5.41) is 0. The van der Waals surface area contributed by atoms with E-state index in [1.165, 1.54) is 0 Å². The standard InChI is InChI=1S/C13H17NO3/c1-8(2)14(4)12(15)13-16-10-6-5-9(3)7-11(10)17-13/h5-8,13H,1-4H3. The minimum Gasteiger partial charge on any atom is -0.442 e. The first-order valence-corrected chi connectivity index (χ1v) is 5.69. The highest BCUT2D eigenvalue weighted by atomic mass is 16.7. The van der Waals surface area contributed by atoms with Gasteiger partial charge < -0.3 is 14.4 Å². The predicted octanol–water partition coefficient (Wildman–Crippen LogP) is 1.96. The summed E-state index contributed by atoms with van der Waals surface area (Å²) < 4.78 is 11.0. The van der Waals surface area contributed by atoms with E-state index in [1.54, 1.807) is 11.9 Å². The monoisotopic (exact) mass is 235 g/mol. The second-order valence-corrected chi connectivity index (χ2v) is 4.56. The summed E-state index contributed by atoms with van der Waals surface area (Å²) in [6.07, 6.45) is -0.848. The molecular weight excluding hydrogens is 218 g/mol. The fourth-order valence-electron chi connectivity index (χ4n) is 1.58. The molecule has 1 aromatic carbocycles. The third-order valence-electron chi connectivity index (χ3n) is 2.89. The first kappa shape index (κ1) is 11.8. The summed E-state index contributed by atoms with van der Waals surface area (Å²) in [6, 6.07) is 5.76. The fourth-order valence-corrected chi connectivity index (χ4v) is 1.58. The van der Waals surface area contributed by atoms with Gasteiger partial charge in [0.05, 0.1) is 0 Å². The Kier molecular flexibility index (Phi) is 2.96. The maximum Gasteiger partial charge on any atom is 0.321 e. The number of nitrogens with zero attached hydrogens (tertiary/aromatic N) is 1. The number of likely N-dealkylation sites (N-methyl/N-ethyl adjacent to an activating group) is 1. The van der Waals surface area contributed by atoms with Crippen LogP contribution in [0.25, 0.3) is 0 Å². The van der Waals surface area contributed by atoms with Crippen molar-refractivity contribution in [1.29, 1.82) is 0 Å². The Morgan fingerprint density at radius 3 is 2.59 bits per heavy atom. The molecule has 1 aromatic rings. The molecule has 1 amide bonds. The number of rotatable bonds is 2. The number of amides is 1. The van der Waals surface area contributed by atoms with Crippen LogP contribution in [0.1, 0.15) is 19.4 Å². The van der Waals surface area contributed by atoms with Gasteiger partial charge in [0, 0.05) is 13.1 Å². The maximum absolute atomic E-state index is 12.0. The molecule has 0 saturated carbocycles. The number of ether oxygens (including phenoxy) is 2. The molecule has 1 atom stereocenters. The maximum atomic E-state index is 12.0. The van der Waals surface area contributed by atoms with Gasteiger partial charge in [-0.25, -0.2) is 0 Å². The number of hydrogen-bond donors (Lipinski definition) is 0. The van der Waals surface area contributed by atoms with E-state index >= 15 is 0 Å². The van der Waals surface area contributed by atoms with Gasteiger partial charge in [0.1, 0.15) is 0 Å². The van der Waals surface area contributed by atoms with Crippen LogP contribution in [0.15, 0.2) is 18.2 Å². The lowest BCUT2D eigenvalue weighted by molar-refractivity contribution is -0.148. The smallest absolute Gasteiger partial charge is 0.321 e. The lowest BCUT2D eigenvalue weighted by Crippen LogP contribution is -2.44. The molecule has 1 aliphatic rings. The van der Waals surface area contributed by atoms with Gasteiger partial charge in [-0.1, -0.05) is 6.07 Å². The molecule has 1 aliphatic heterocycles. The van der Waals surface area contributed by atoms with Gasteiger partial charge in [-0.3, -0.25) is 4.79 Å². The molecule has 0 bridgehead atoms. The van der Waals surface area contributed by atoms with Crippen LogP contribution in [-0.4, -0.2) is 30.2 Å². The number of fused-ring (bicyclic) bond motifs is 1. The Morgan fingerprint density at radius 1 is 1.29 bits per heavy atom. The summed E-state index contributed by atoms with van der Waals surface area (Å²) >= 11 is 0. The highest BCUT2D eigenvalue weighted by Gasteiger charge is 2.33. The van der Waals surface area contributed by atoms with E-state index in [0.29, 0.717) is 11.5 Å². The SMILES string of the molecule is Cc1ccc2c(c1)OC(C(=O)N(C)C(C)C)O2. The highest BCUT2D eigenvalue weighted by Crippen LogP contribution is 2.35. The minimum atomic E-state index is -0.848. The van der Waals surface area contributed by atoms with Crippen molar-refractivity contribution in [3.05, 3.63) is 23.8 Å².